The second-order valence-electron chi connectivity index (χ2n) is 7.26. The number of thioether (sulfide) groups is 1. The fraction of sp³-hybridized carbons (Fsp3) is 0.125. The van der Waals surface area contributed by atoms with Crippen LogP contribution < -0.4 is 5.56 Å². The van der Waals surface area contributed by atoms with Crippen LogP contribution in [0, 0.1) is 13.8 Å². The van der Waals surface area contributed by atoms with Crippen LogP contribution in [0.2, 0.25) is 0 Å². The van der Waals surface area contributed by atoms with Gasteiger partial charge in [0.25, 0.3) is 5.56 Å². The van der Waals surface area contributed by atoms with E-state index < -0.39 is 0 Å². The number of para-hydroxylation sites is 1. The smallest absolute Gasteiger partial charge is 0.266 e. The van der Waals surface area contributed by atoms with Crippen LogP contribution in [-0.4, -0.2) is 31.3 Å². The average molecular weight is 433 g/mol. The Morgan fingerprint density at radius 3 is 2.55 bits per heavy atom. The number of nitrogens with zero attached hydrogens (tertiary/aromatic N) is 2. The Morgan fingerprint density at radius 2 is 1.77 bits per heavy atom. The van der Waals surface area contributed by atoms with Crippen molar-refractivity contribution in [3.8, 4) is 17.2 Å². The molecular weight excluding hydrogens is 412 g/mol. The van der Waals surface area contributed by atoms with Gasteiger partial charge >= 0.3 is 0 Å². The summed E-state index contributed by atoms with van der Waals surface area (Å²) >= 11 is 1.16. The molecule has 0 spiro atoms. The highest BCUT2D eigenvalue weighted by Crippen LogP contribution is 2.27. The van der Waals surface area contributed by atoms with E-state index in [-0.39, 0.29) is 34.2 Å². The molecule has 1 aromatic heterocycles. The topological polar surface area (TPSA) is 92.4 Å². The molecule has 0 aliphatic heterocycles. The number of ketones is 1. The molecule has 0 atom stereocenters. The summed E-state index contributed by atoms with van der Waals surface area (Å²) in [6, 6.07) is 16.9. The van der Waals surface area contributed by atoms with Crippen molar-refractivity contribution >= 4 is 28.4 Å². The summed E-state index contributed by atoms with van der Waals surface area (Å²) < 4.78 is 1.55. The fourth-order valence-corrected chi connectivity index (χ4v) is 4.19. The molecule has 0 fully saturated rings. The molecule has 1 heterocycles. The summed E-state index contributed by atoms with van der Waals surface area (Å²) in [5.41, 5.74) is 3.28. The Kier molecular flexibility index (Phi) is 5.52. The van der Waals surface area contributed by atoms with Gasteiger partial charge in [-0.2, -0.15) is 0 Å². The summed E-state index contributed by atoms with van der Waals surface area (Å²) in [5.74, 6) is -0.883. The minimum absolute atomic E-state index is 0.0137. The zero-order valence-electron chi connectivity index (χ0n) is 17.0. The Labute approximate surface area is 182 Å². The van der Waals surface area contributed by atoms with Crippen molar-refractivity contribution in [3.05, 3.63) is 87.7 Å². The number of hydrogen-bond donors (Lipinski definition) is 2. The molecule has 0 aliphatic rings. The van der Waals surface area contributed by atoms with E-state index in [9.17, 15) is 19.8 Å². The van der Waals surface area contributed by atoms with E-state index in [0.717, 1.165) is 28.6 Å². The van der Waals surface area contributed by atoms with Crippen LogP contribution in [0.1, 0.15) is 21.5 Å². The molecule has 7 heteroatoms. The summed E-state index contributed by atoms with van der Waals surface area (Å²) in [4.78, 5) is 30.7. The van der Waals surface area contributed by atoms with E-state index >= 15 is 0 Å². The van der Waals surface area contributed by atoms with E-state index in [1.165, 1.54) is 18.2 Å². The Morgan fingerprint density at radius 1 is 1.00 bits per heavy atom. The van der Waals surface area contributed by atoms with Gasteiger partial charge in [-0.1, -0.05) is 36.0 Å². The number of rotatable bonds is 5. The highest BCUT2D eigenvalue weighted by atomic mass is 32.2. The summed E-state index contributed by atoms with van der Waals surface area (Å²) in [5, 5.41) is 20.0. The zero-order chi connectivity index (χ0) is 22.1. The molecule has 0 saturated carbocycles. The lowest BCUT2D eigenvalue weighted by Gasteiger charge is -2.15. The van der Waals surface area contributed by atoms with Crippen LogP contribution >= 0.6 is 11.8 Å². The van der Waals surface area contributed by atoms with Crippen LogP contribution in [0.3, 0.4) is 0 Å². The number of fused-ring (bicyclic) bond motifs is 1. The van der Waals surface area contributed by atoms with Crippen molar-refractivity contribution in [2.45, 2.75) is 19.0 Å². The monoisotopic (exact) mass is 432 g/mol. The summed E-state index contributed by atoms with van der Waals surface area (Å²) in [6.07, 6.45) is 0. The third kappa shape index (κ3) is 4.04. The van der Waals surface area contributed by atoms with E-state index in [1.54, 1.807) is 22.8 Å². The number of aryl methyl sites for hydroxylation is 2. The molecule has 4 aromatic rings. The van der Waals surface area contributed by atoms with Gasteiger partial charge in [-0.15, -0.1) is 0 Å². The van der Waals surface area contributed by atoms with Gasteiger partial charge in [-0.25, -0.2) is 4.98 Å². The Bertz CT molecular complexity index is 1380. The normalized spacial score (nSPS) is 11.0. The molecule has 156 valence electrons. The number of phenols is 2. The first-order valence-corrected chi connectivity index (χ1v) is 10.6. The molecule has 0 saturated heterocycles. The number of carbonyl (C=O) groups is 1. The van der Waals surface area contributed by atoms with Crippen molar-refractivity contribution in [1.29, 1.82) is 0 Å². The van der Waals surface area contributed by atoms with Gasteiger partial charge in [0.15, 0.2) is 22.4 Å². The molecule has 0 radical (unpaired) electrons. The first-order chi connectivity index (χ1) is 14.8. The van der Waals surface area contributed by atoms with Crippen LogP contribution in [0.4, 0.5) is 0 Å². The number of hydrogen-bond acceptors (Lipinski definition) is 6. The molecule has 0 aliphatic carbocycles. The van der Waals surface area contributed by atoms with Crippen molar-refractivity contribution in [2.75, 3.05) is 5.75 Å². The second-order valence-corrected chi connectivity index (χ2v) is 8.20. The Hall–Kier alpha value is -3.58. The molecule has 2 N–H and O–H groups in total. The van der Waals surface area contributed by atoms with Gasteiger partial charge in [0.2, 0.25) is 0 Å². The number of aromatic hydroxyl groups is 2. The van der Waals surface area contributed by atoms with Crippen molar-refractivity contribution in [1.82, 2.24) is 9.55 Å². The minimum Gasteiger partial charge on any atom is -0.504 e. The standard InChI is InChI=1S/C24H20N2O4S/c1-14-7-8-15(2)19(11-14)26-23(30)17-5-3-4-6-18(17)25-24(26)31-13-22(29)16-9-10-20(27)21(28)12-16/h3-12,27-28H,13H2,1-2H3. The predicted octanol–water partition coefficient (Wildman–Crippen LogP) is 4.39. The van der Waals surface area contributed by atoms with Crippen molar-refractivity contribution in [3.63, 3.8) is 0 Å². The molecule has 4 rings (SSSR count). The Balaban J connectivity index is 1.79. The number of carbonyl (C=O) groups excluding carboxylic acids is 1. The first-order valence-electron chi connectivity index (χ1n) is 9.62. The van der Waals surface area contributed by atoms with Gasteiger partial charge in [-0.3, -0.25) is 14.2 Å². The molecule has 0 bridgehead atoms. The number of Topliss-reactive ketones (excluding diaryl/α,β-unsaturated/α-hetero) is 1. The highest BCUT2D eigenvalue weighted by Gasteiger charge is 2.17. The van der Waals surface area contributed by atoms with E-state index in [4.69, 9.17) is 0 Å². The predicted molar refractivity (Wildman–Crippen MR) is 122 cm³/mol. The van der Waals surface area contributed by atoms with E-state index in [1.807, 2.05) is 38.1 Å². The molecule has 3 aromatic carbocycles. The molecule has 6 nitrogen and oxygen atoms in total. The maximum atomic E-state index is 13.4. The first kappa shape index (κ1) is 20.7. The molecule has 31 heavy (non-hydrogen) atoms. The zero-order valence-corrected chi connectivity index (χ0v) is 17.8. The molecular formula is C24H20N2O4S. The van der Waals surface area contributed by atoms with Crippen LogP contribution in [0.5, 0.6) is 11.5 Å². The third-order valence-corrected chi connectivity index (χ3v) is 5.92. The lowest BCUT2D eigenvalue weighted by atomic mass is 10.1. The SMILES string of the molecule is Cc1ccc(C)c(-n2c(SCC(=O)c3ccc(O)c(O)c3)nc3ccccc3c2=O)c1. The summed E-state index contributed by atoms with van der Waals surface area (Å²) in [6.45, 7) is 3.88. The van der Waals surface area contributed by atoms with Crippen molar-refractivity contribution < 1.29 is 15.0 Å². The van der Waals surface area contributed by atoms with Gasteiger partial charge in [0.1, 0.15) is 0 Å². The maximum Gasteiger partial charge on any atom is 0.266 e. The highest BCUT2D eigenvalue weighted by molar-refractivity contribution is 7.99. The van der Waals surface area contributed by atoms with Gasteiger partial charge in [0.05, 0.1) is 22.3 Å². The van der Waals surface area contributed by atoms with Crippen LogP contribution in [-0.2, 0) is 0 Å². The maximum absolute atomic E-state index is 13.4. The third-order valence-electron chi connectivity index (χ3n) is 4.98. The number of aromatic nitrogens is 2. The second kappa shape index (κ2) is 8.28. The lowest BCUT2D eigenvalue weighted by molar-refractivity contribution is 0.102. The summed E-state index contributed by atoms with van der Waals surface area (Å²) in [7, 11) is 0. The van der Waals surface area contributed by atoms with Crippen molar-refractivity contribution in [2.24, 2.45) is 0 Å². The van der Waals surface area contributed by atoms with Crippen LogP contribution in [0.15, 0.2) is 70.6 Å². The minimum atomic E-state index is -0.355. The van der Waals surface area contributed by atoms with E-state index in [0.29, 0.717) is 16.1 Å². The van der Waals surface area contributed by atoms with Gasteiger partial charge in [-0.05, 0) is 61.4 Å². The number of benzene rings is 3. The molecule has 0 unspecified atom stereocenters. The van der Waals surface area contributed by atoms with E-state index in [2.05, 4.69) is 4.98 Å². The quantitative estimate of drug-likeness (QED) is 0.210. The fourth-order valence-electron chi connectivity index (χ4n) is 3.29. The van der Waals surface area contributed by atoms with Gasteiger partial charge < -0.3 is 10.2 Å². The van der Waals surface area contributed by atoms with Crippen LogP contribution in [0.25, 0.3) is 16.6 Å². The molecule has 0 amide bonds. The largest absolute Gasteiger partial charge is 0.504 e. The lowest BCUT2D eigenvalue weighted by Crippen LogP contribution is -2.23. The average Bonchev–Trinajstić information content (AvgIpc) is 2.76. The number of phenolic OH excluding ortho intramolecular Hbond substituents is 2. The van der Waals surface area contributed by atoms with Gasteiger partial charge in [0, 0.05) is 5.56 Å².